The van der Waals surface area contributed by atoms with Crippen molar-refractivity contribution in [1.29, 1.82) is 0 Å². The summed E-state index contributed by atoms with van der Waals surface area (Å²) in [5, 5.41) is 15.3. The van der Waals surface area contributed by atoms with Gasteiger partial charge in [0.1, 0.15) is 10.8 Å². The molecule has 2 amide bonds. The van der Waals surface area contributed by atoms with Crippen molar-refractivity contribution in [2.75, 3.05) is 17.7 Å². The molecule has 0 saturated carbocycles. The van der Waals surface area contributed by atoms with Gasteiger partial charge >= 0.3 is 12.0 Å². The largest absolute Gasteiger partial charge is 0.497 e. The Bertz CT molecular complexity index is 1010. The summed E-state index contributed by atoms with van der Waals surface area (Å²) in [6, 6.07) is 12.8. The third-order valence-corrected chi connectivity index (χ3v) is 5.49. The van der Waals surface area contributed by atoms with Crippen molar-refractivity contribution in [2.45, 2.75) is 0 Å². The Morgan fingerprint density at radius 3 is 2.25 bits per heavy atom. The number of halogens is 2. The number of benzene rings is 2. The second kappa shape index (κ2) is 8.52. The van der Waals surface area contributed by atoms with Crippen molar-refractivity contribution in [2.24, 2.45) is 0 Å². The lowest BCUT2D eigenvalue weighted by molar-refractivity contribution is 0.0698. The van der Waals surface area contributed by atoms with Crippen LogP contribution in [-0.4, -0.2) is 24.2 Å². The number of para-hydroxylation sites is 1. The number of ether oxygens (including phenoxy) is 1. The quantitative estimate of drug-likeness (QED) is 0.452. The van der Waals surface area contributed by atoms with Gasteiger partial charge in [-0.25, -0.2) is 9.59 Å². The fraction of sp³-hybridized carbons (Fsp3) is 0.0526. The molecule has 0 bridgehead atoms. The summed E-state index contributed by atoms with van der Waals surface area (Å²) in [7, 11) is 1.56. The molecule has 6 nitrogen and oxygen atoms in total. The minimum atomic E-state index is -1.15. The molecule has 0 radical (unpaired) electrons. The molecule has 3 aromatic rings. The van der Waals surface area contributed by atoms with Gasteiger partial charge in [0.15, 0.2) is 0 Å². The first kappa shape index (κ1) is 20.0. The fourth-order valence-corrected chi connectivity index (χ4v) is 3.95. The predicted molar refractivity (Wildman–Crippen MR) is 112 cm³/mol. The number of rotatable bonds is 5. The van der Waals surface area contributed by atoms with E-state index < -0.39 is 12.0 Å². The van der Waals surface area contributed by atoms with Crippen molar-refractivity contribution in [3.63, 3.8) is 0 Å². The molecule has 28 heavy (non-hydrogen) atoms. The third-order valence-electron chi connectivity index (χ3n) is 3.77. The number of thiophene rings is 1. The number of aromatic carboxylic acids is 1. The van der Waals surface area contributed by atoms with E-state index in [9.17, 15) is 14.7 Å². The standard InChI is InChI=1S/C19H14Cl2N2O4S/c1-27-11-7-5-10(6-8-11)15-9-12(18(24)25)17(28-15)23-19(26)22-16-13(20)3-2-4-14(16)21/h2-9H,1H3,(H,24,25)(H2,22,23,26). The number of carboxylic acid groups (broad SMARTS) is 1. The van der Waals surface area contributed by atoms with Crippen molar-refractivity contribution < 1.29 is 19.4 Å². The molecule has 0 aliphatic rings. The molecule has 0 fully saturated rings. The second-order valence-corrected chi connectivity index (χ2v) is 7.43. The first-order valence-corrected chi connectivity index (χ1v) is 9.50. The van der Waals surface area contributed by atoms with Crippen molar-refractivity contribution in [3.8, 4) is 16.2 Å². The lowest BCUT2D eigenvalue weighted by atomic mass is 10.1. The molecule has 0 aliphatic heterocycles. The molecule has 0 unspecified atom stereocenters. The van der Waals surface area contributed by atoms with Gasteiger partial charge in [-0.1, -0.05) is 29.3 Å². The van der Waals surface area contributed by atoms with Crippen molar-refractivity contribution in [1.82, 2.24) is 0 Å². The Kier molecular flexibility index (Phi) is 6.08. The van der Waals surface area contributed by atoms with Crippen LogP contribution in [0.1, 0.15) is 10.4 Å². The Morgan fingerprint density at radius 1 is 1.04 bits per heavy atom. The molecule has 1 heterocycles. The van der Waals surface area contributed by atoms with Crippen LogP contribution in [0.25, 0.3) is 10.4 Å². The summed E-state index contributed by atoms with van der Waals surface area (Å²) in [6.45, 7) is 0. The number of urea groups is 1. The number of carboxylic acids is 1. The number of anilines is 2. The molecule has 3 rings (SSSR count). The van der Waals surface area contributed by atoms with Gasteiger partial charge in [-0.05, 0) is 48.0 Å². The van der Waals surface area contributed by atoms with E-state index in [1.165, 1.54) is 6.07 Å². The molecule has 3 N–H and O–H groups in total. The van der Waals surface area contributed by atoms with E-state index in [1.807, 2.05) is 12.1 Å². The minimum absolute atomic E-state index is 0.0174. The second-order valence-electron chi connectivity index (χ2n) is 5.56. The number of hydrogen-bond donors (Lipinski definition) is 3. The van der Waals surface area contributed by atoms with E-state index >= 15 is 0 Å². The van der Waals surface area contributed by atoms with Crippen molar-refractivity contribution in [3.05, 3.63) is 64.1 Å². The van der Waals surface area contributed by atoms with Gasteiger partial charge in [0.2, 0.25) is 0 Å². The summed E-state index contributed by atoms with van der Waals surface area (Å²) in [6.07, 6.45) is 0. The normalized spacial score (nSPS) is 10.4. The van der Waals surface area contributed by atoms with Crippen LogP contribution in [-0.2, 0) is 0 Å². The molecule has 0 aliphatic carbocycles. The average molecular weight is 437 g/mol. The van der Waals surface area contributed by atoms with Crippen molar-refractivity contribution >= 4 is 57.2 Å². The van der Waals surface area contributed by atoms with Gasteiger partial charge in [-0.2, -0.15) is 0 Å². The van der Waals surface area contributed by atoms with E-state index in [-0.39, 0.29) is 26.3 Å². The molecular weight excluding hydrogens is 423 g/mol. The van der Waals surface area contributed by atoms with Crippen LogP contribution in [0.2, 0.25) is 10.0 Å². The Balaban J connectivity index is 1.85. The monoisotopic (exact) mass is 436 g/mol. The van der Waals surface area contributed by atoms with E-state index in [1.54, 1.807) is 37.4 Å². The van der Waals surface area contributed by atoms with Gasteiger partial charge in [0.05, 0.1) is 28.4 Å². The maximum atomic E-state index is 12.3. The Labute approximate surface area is 174 Å². The zero-order valence-electron chi connectivity index (χ0n) is 14.5. The highest BCUT2D eigenvalue weighted by Crippen LogP contribution is 2.36. The number of carbonyl (C=O) groups excluding carboxylic acids is 1. The Hall–Kier alpha value is -2.74. The molecule has 0 spiro atoms. The summed E-state index contributed by atoms with van der Waals surface area (Å²) in [5.74, 6) is -0.463. The van der Waals surface area contributed by atoms with Crippen LogP contribution in [0.15, 0.2) is 48.5 Å². The zero-order chi connectivity index (χ0) is 20.3. The number of hydrogen-bond acceptors (Lipinski definition) is 4. The van der Waals surface area contributed by atoms with Crippen LogP contribution >= 0.6 is 34.5 Å². The summed E-state index contributed by atoms with van der Waals surface area (Å²) >= 11 is 13.2. The first-order valence-electron chi connectivity index (χ1n) is 7.92. The van der Waals surface area contributed by atoms with Gasteiger partial charge in [0, 0.05) is 4.88 Å². The average Bonchev–Trinajstić information content (AvgIpc) is 3.09. The first-order chi connectivity index (χ1) is 13.4. The molecule has 2 aromatic carbocycles. The summed E-state index contributed by atoms with van der Waals surface area (Å²) in [5.41, 5.74) is 1.03. The van der Waals surface area contributed by atoms with Crippen LogP contribution in [0.4, 0.5) is 15.5 Å². The van der Waals surface area contributed by atoms with Crippen LogP contribution in [0.5, 0.6) is 5.75 Å². The molecule has 0 saturated heterocycles. The predicted octanol–water partition coefficient (Wildman–Crippen LogP) is 6.07. The van der Waals surface area contributed by atoms with Crippen LogP contribution in [0.3, 0.4) is 0 Å². The highest BCUT2D eigenvalue weighted by atomic mass is 35.5. The number of methoxy groups -OCH3 is 1. The highest BCUT2D eigenvalue weighted by molar-refractivity contribution is 7.20. The van der Waals surface area contributed by atoms with E-state index in [0.29, 0.717) is 10.6 Å². The SMILES string of the molecule is COc1ccc(-c2cc(C(=O)O)c(NC(=O)Nc3c(Cl)cccc3Cl)s2)cc1. The lowest BCUT2D eigenvalue weighted by Crippen LogP contribution is -2.20. The van der Waals surface area contributed by atoms with E-state index in [2.05, 4.69) is 10.6 Å². The van der Waals surface area contributed by atoms with Crippen LogP contribution in [0, 0.1) is 0 Å². The zero-order valence-corrected chi connectivity index (χ0v) is 16.8. The van der Waals surface area contributed by atoms with Gasteiger partial charge < -0.3 is 15.2 Å². The number of carbonyl (C=O) groups is 2. The lowest BCUT2D eigenvalue weighted by Gasteiger charge is -2.10. The van der Waals surface area contributed by atoms with Gasteiger partial charge in [0.25, 0.3) is 0 Å². The van der Waals surface area contributed by atoms with Crippen LogP contribution < -0.4 is 15.4 Å². The molecule has 1 aromatic heterocycles. The molecule has 9 heteroatoms. The maximum absolute atomic E-state index is 12.3. The molecular formula is C19H14Cl2N2O4S. The fourth-order valence-electron chi connectivity index (χ4n) is 2.41. The molecule has 144 valence electrons. The topological polar surface area (TPSA) is 87.7 Å². The summed E-state index contributed by atoms with van der Waals surface area (Å²) < 4.78 is 5.12. The minimum Gasteiger partial charge on any atom is -0.497 e. The maximum Gasteiger partial charge on any atom is 0.338 e. The van der Waals surface area contributed by atoms with Gasteiger partial charge in [-0.3, -0.25) is 5.32 Å². The number of nitrogens with one attached hydrogen (secondary N) is 2. The Morgan fingerprint density at radius 2 is 1.68 bits per heavy atom. The van der Waals surface area contributed by atoms with E-state index in [0.717, 1.165) is 16.9 Å². The smallest absolute Gasteiger partial charge is 0.338 e. The van der Waals surface area contributed by atoms with Gasteiger partial charge in [-0.15, -0.1) is 11.3 Å². The van der Waals surface area contributed by atoms with E-state index in [4.69, 9.17) is 27.9 Å². The molecule has 0 atom stereocenters. The summed E-state index contributed by atoms with van der Waals surface area (Å²) in [4.78, 5) is 24.6. The number of amides is 2. The third kappa shape index (κ3) is 4.39. The highest BCUT2D eigenvalue weighted by Gasteiger charge is 2.19.